The number of halogens is 2. The zero-order valence-corrected chi connectivity index (χ0v) is 15.4. The van der Waals surface area contributed by atoms with Crippen LogP contribution in [0.2, 0.25) is 0 Å². The predicted octanol–water partition coefficient (Wildman–Crippen LogP) is 1.29. The summed E-state index contributed by atoms with van der Waals surface area (Å²) in [5.74, 6) is -1.67. The summed E-state index contributed by atoms with van der Waals surface area (Å²) in [5.41, 5.74) is -1.19. The second-order valence-corrected chi connectivity index (χ2v) is 6.53. The van der Waals surface area contributed by atoms with Crippen LogP contribution in [0.3, 0.4) is 0 Å². The van der Waals surface area contributed by atoms with Crippen LogP contribution in [0.15, 0.2) is 24.3 Å². The lowest BCUT2D eigenvalue weighted by atomic mass is 9.92. The van der Waals surface area contributed by atoms with Gasteiger partial charge in [-0.25, -0.2) is 9.59 Å². The number of carbonyl (C=O) groups excluding carboxylic acids is 4. The SMILES string of the molecule is CC(C)NC(=O)NC(=O)CN1C(=O)N[C@](C)(c2ccc(OC(F)F)cc2)C1=O. The molecule has 1 aromatic rings. The van der Waals surface area contributed by atoms with Gasteiger partial charge in [-0.3, -0.25) is 19.8 Å². The average molecular weight is 398 g/mol. The van der Waals surface area contributed by atoms with E-state index in [1.54, 1.807) is 13.8 Å². The second kappa shape index (κ2) is 8.19. The van der Waals surface area contributed by atoms with E-state index < -0.39 is 42.6 Å². The van der Waals surface area contributed by atoms with Crippen LogP contribution in [0.25, 0.3) is 0 Å². The first-order valence-electron chi connectivity index (χ1n) is 8.32. The van der Waals surface area contributed by atoms with Crippen molar-refractivity contribution in [2.75, 3.05) is 6.54 Å². The Kier molecular flexibility index (Phi) is 6.16. The highest BCUT2D eigenvalue weighted by Crippen LogP contribution is 2.30. The monoisotopic (exact) mass is 398 g/mol. The Labute approximate surface area is 159 Å². The van der Waals surface area contributed by atoms with Crippen molar-refractivity contribution in [1.29, 1.82) is 0 Å². The molecule has 1 heterocycles. The number of urea groups is 2. The van der Waals surface area contributed by atoms with E-state index in [1.807, 2.05) is 5.32 Å². The molecule has 0 aliphatic carbocycles. The molecule has 1 aromatic carbocycles. The summed E-state index contributed by atoms with van der Waals surface area (Å²) in [6.45, 7) is 1.17. The average Bonchev–Trinajstić information content (AvgIpc) is 2.78. The fourth-order valence-corrected chi connectivity index (χ4v) is 2.61. The summed E-state index contributed by atoms with van der Waals surface area (Å²) in [6.07, 6.45) is 0. The Balaban J connectivity index is 2.09. The van der Waals surface area contributed by atoms with Crippen molar-refractivity contribution in [2.24, 2.45) is 0 Å². The molecule has 1 aliphatic rings. The maximum absolute atomic E-state index is 12.7. The van der Waals surface area contributed by atoms with E-state index in [0.29, 0.717) is 10.5 Å². The first kappa shape index (κ1) is 21.1. The van der Waals surface area contributed by atoms with Crippen molar-refractivity contribution < 1.29 is 32.7 Å². The van der Waals surface area contributed by atoms with Crippen LogP contribution < -0.4 is 20.7 Å². The highest BCUT2D eigenvalue weighted by atomic mass is 19.3. The third-order valence-electron chi connectivity index (χ3n) is 3.91. The van der Waals surface area contributed by atoms with Gasteiger partial charge in [-0.1, -0.05) is 12.1 Å². The summed E-state index contributed by atoms with van der Waals surface area (Å²) in [7, 11) is 0. The summed E-state index contributed by atoms with van der Waals surface area (Å²) in [4.78, 5) is 49.0. The fraction of sp³-hybridized carbons (Fsp3) is 0.412. The van der Waals surface area contributed by atoms with E-state index in [-0.39, 0.29) is 11.8 Å². The molecule has 0 spiro atoms. The van der Waals surface area contributed by atoms with E-state index in [0.717, 1.165) is 0 Å². The lowest BCUT2D eigenvalue weighted by molar-refractivity contribution is -0.134. The summed E-state index contributed by atoms with van der Waals surface area (Å²) >= 11 is 0. The predicted molar refractivity (Wildman–Crippen MR) is 92.5 cm³/mol. The van der Waals surface area contributed by atoms with Crippen LogP contribution >= 0.6 is 0 Å². The minimum Gasteiger partial charge on any atom is -0.435 e. The second-order valence-electron chi connectivity index (χ2n) is 6.53. The van der Waals surface area contributed by atoms with Gasteiger partial charge in [-0.15, -0.1) is 0 Å². The third kappa shape index (κ3) is 4.72. The molecule has 2 rings (SSSR count). The first-order valence-corrected chi connectivity index (χ1v) is 8.32. The van der Waals surface area contributed by atoms with Crippen molar-refractivity contribution in [3.63, 3.8) is 0 Å². The fourth-order valence-electron chi connectivity index (χ4n) is 2.61. The van der Waals surface area contributed by atoms with E-state index in [9.17, 15) is 28.0 Å². The minimum atomic E-state index is -2.99. The summed E-state index contributed by atoms with van der Waals surface area (Å²) in [5, 5.41) is 6.93. The normalized spacial score (nSPS) is 19.0. The summed E-state index contributed by atoms with van der Waals surface area (Å²) in [6, 6.07) is 3.41. The van der Waals surface area contributed by atoms with Gasteiger partial charge in [-0.05, 0) is 38.5 Å². The Morgan fingerprint density at radius 1 is 1.21 bits per heavy atom. The number of amides is 6. The zero-order valence-electron chi connectivity index (χ0n) is 15.4. The molecular weight excluding hydrogens is 378 g/mol. The van der Waals surface area contributed by atoms with Crippen LogP contribution in [-0.2, 0) is 15.1 Å². The van der Waals surface area contributed by atoms with Gasteiger partial charge in [0.1, 0.15) is 17.8 Å². The van der Waals surface area contributed by atoms with E-state index in [1.165, 1.54) is 31.2 Å². The van der Waals surface area contributed by atoms with Crippen LogP contribution in [0.4, 0.5) is 18.4 Å². The third-order valence-corrected chi connectivity index (χ3v) is 3.91. The molecule has 1 aliphatic heterocycles. The Morgan fingerprint density at radius 3 is 2.36 bits per heavy atom. The number of nitrogens with one attached hydrogen (secondary N) is 3. The Morgan fingerprint density at radius 2 is 1.82 bits per heavy atom. The van der Waals surface area contributed by atoms with Crippen LogP contribution in [0, 0.1) is 0 Å². The quantitative estimate of drug-likeness (QED) is 0.625. The van der Waals surface area contributed by atoms with Gasteiger partial charge >= 0.3 is 18.7 Å². The molecule has 0 radical (unpaired) electrons. The van der Waals surface area contributed by atoms with Gasteiger partial charge in [0, 0.05) is 6.04 Å². The lowest BCUT2D eigenvalue weighted by Crippen LogP contribution is -2.48. The number of nitrogens with zero attached hydrogens (tertiary/aromatic N) is 1. The highest BCUT2D eigenvalue weighted by molar-refractivity contribution is 6.10. The molecular formula is C17H20F2N4O5. The first-order chi connectivity index (χ1) is 13.0. The molecule has 1 atom stereocenters. The topological polar surface area (TPSA) is 117 Å². The Bertz CT molecular complexity index is 784. The molecule has 9 nitrogen and oxygen atoms in total. The van der Waals surface area contributed by atoms with Crippen molar-refractivity contribution in [3.8, 4) is 5.75 Å². The van der Waals surface area contributed by atoms with Crippen molar-refractivity contribution >= 4 is 23.9 Å². The van der Waals surface area contributed by atoms with Crippen LogP contribution in [0.1, 0.15) is 26.3 Å². The highest BCUT2D eigenvalue weighted by Gasteiger charge is 2.49. The molecule has 152 valence electrons. The van der Waals surface area contributed by atoms with Gasteiger partial charge in [0.05, 0.1) is 0 Å². The molecule has 0 saturated carbocycles. The van der Waals surface area contributed by atoms with Crippen molar-refractivity contribution in [3.05, 3.63) is 29.8 Å². The number of hydrogen-bond donors (Lipinski definition) is 3. The van der Waals surface area contributed by atoms with Crippen molar-refractivity contribution in [2.45, 2.75) is 39.0 Å². The smallest absolute Gasteiger partial charge is 0.387 e. The zero-order chi connectivity index (χ0) is 21.1. The molecule has 0 bridgehead atoms. The van der Waals surface area contributed by atoms with E-state index in [2.05, 4.69) is 15.4 Å². The number of imide groups is 2. The molecule has 1 saturated heterocycles. The maximum atomic E-state index is 12.7. The van der Waals surface area contributed by atoms with Crippen molar-refractivity contribution in [1.82, 2.24) is 20.9 Å². The van der Waals surface area contributed by atoms with Gasteiger partial charge < -0.3 is 15.4 Å². The van der Waals surface area contributed by atoms with Gasteiger partial charge in [-0.2, -0.15) is 8.78 Å². The lowest BCUT2D eigenvalue weighted by Gasteiger charge is -2.22. The number of ether oxygens (including phenoxy) is 1. The van der Waals surface area contributed by atoms with Crippen LogP contribution in [0.5, 0.6) is 5.75 Å². The molecule has 11 heteroatoms. The van der Waals surface area contributed by atoms with Crippen LogP contribution in [-0.4, -0.2) is 48.0 Å². The van der Waals surface area contributed by atoms with E-state index >= 15 is 0 Å². The number of benzene rings is 1. The Hall–Kier alpha value is -3.24. The molecule has 6 amide bonds. The number of hydrogen-bond acceptors (Lipinski definition) is 5. The molecule has 28 heavy (non-hydrogen) atoms. The van der Waals surface area contributed by atoms with Gasteiger partial charge in [0.2, 0.25) is 5.91 Å². The van der Waals surface area contributed by atoms with Gasteiger partial charge in [0.25, 0.3) is 5.91 Å². The number of alkyl halides is 2. The molecule has 0 aromatic heterocycles. The minimum absolute atomic E-state index is 0.105. The largest absolute Gasteiger partial charge is 0.435 e. The standard InChI is InChI=1S/C17H20F2N4O5/c1-9(2)20-15(26)21-12(24)8-23-13(25)17(3,22-16(23)27)10-4-6-11(7-5-10)28-14(18)19/h4-7,9,14H,8H2,1-3H3,(H,22,27)(H2,20,21,24,26)/t17-/m1/s1. The number of carbonyl (C=O) groups is 4. The molecule has 3 N–H and O–H groups in total. The summed E-state index contributed by atoms with van der Waals surface area (Å²) < 4.78 is 28.7. The van der Waals surface area contributed by atoms with E-state index in [4.69, 9.17) is 0 Å². The molecule has 1 fully saturated rings. The maximum Gasteiger partial charge on any atom is 0.387 e. The number of rotatable bonds is 6. The van der Waals surface area contributed by atoms with Gasteiger partial charge in [0.15, 0.2) is 0 Å². The molecule has 0 unspecified atom stereocenters.